The standard InChI is InChI=1S/C18H25NO3/c1-12-7-9-16(10-8-12)19-18(21)14(3)22-17-6-4-5-15(11-17)13(2)20/h4-6,11-12,14,16H,7-10H2,1-3H3,(H,19,21). The van der Waals surface area contributed by atoms with Gasteiger partial charge in [-0.25, -0.2) is 0 Å². The van der Waals surface area contributed by atoms with Crippen molar-refractivity contribution in [2.75, 3.05) is 0 Å². The van der Waals surface area contributed by atoms with E-state index in [0.717, 1.165) is 18.8 Å². The molecule has 2 rings (SSSR count). The predicted octanol–water partition coefficient (Wildman–Crippen LogP) is 3.35. The lowest BCUT2D eigenvalue weighted by atomic mass is 9.87. The van der Waals surface area contributed by atoms with Crippen LogP contribution in [0, 0.1) is 5.92 Å². The normalized spacial score (nSPS) is 22.7. The van der Waals surface area contributed by atoms with E-state index < -0.39 is 6.10 Å². The minimum atomic E-state index is -0.568. The van der Waals surface area contributed by atoms with Gasteiger partial charge in [-0.1, -0.05) is 19.1 Å². The van der Waals surface area contributed by atoms with E-state index in [0.29, 0.717) is 11.3 Å². The Kier molecular flexibility index (Phi) is 5.58. The second-order valence-electron chi connectivity index (χ2n) is 6.31. The Hall–Kier alpha value is -1.84. The van der Waals surface area contributed by atoms with E-state index in [1.54, 1.807) is 31.2 Å². The predicted molar refractivity (Wildman–Crippen MR) is 86.1 cm³/mol. The molecular weight excluding hydrogens is 278 g/mol. The number of carbonyl (C=O) groups excluding carboxylic acids is 2. The van der Waals surface area contributed by atoms with Gasteiger partial charge in [-0.3, -0.25) is 9.59 Å². The Labute approximate surface area is 132 Å². The zero-order valence-electron chi connectivity index (χ0n) is 13.6. The summed E-state index contributed by atoms with van der Waals surface area (Å²) in [5.74, 6) is 1.20. The third kappa shape index (κ3) is 4.58. The zero-order valence-corrected chi connectivity index (χ0v) is 13.6. The highest BCUT2D eigenvalue weighted by molar-refractivity contribution is 5.94. The van der Waals surface area contributed by atoms with Crippen LogP contribution in [0.4, 0.5) is 0 Å². The van der Waals surface area contributed by atoms with E-state index in [1.807, 2.05) is 0 Å². The minimum absolute atomic E-state index is 0.0149. The first-order valence-electron chi connectivity index (χ1n) is 8.03. The summed E-state index contributed by atoms with van der Waals surface area (Å²) in [6.07, 6.45) is 3.85. The number of hydrogen-bond donors (Lipinski definition) is 1. The van der Waals surface area contributed by atoms with Crippen molar-refractivity contribution >= 4 is 11.7 Å². The Balaban J connectivity index is 1.88. The summed E-state index contributed by atoms with van der Waals surface area (Å²) in [7, 11) is 0. The van der Waals surface area contributed by atoms with Gasteiger partial charge in [0, 0.05) is 11.6 Å². The topological polar surface area (TPSA) is 55.4 Å². The summed E-state index contributed by atoms with van der Waals surface area (Å²) in [6.45, 7) is 5.51. The molecule has 0 radical (unpaired) electrons. The van der Waals surface area contributed by atoms with Crippen LogP contribution >= 0.6 is 0 Å². The van der Waals surface area contributed by atoms with E-state index in [2.05, 4.69) is 12.2 Å². The molecule has 1 saturated carbocycles. The largest absolute Gasteiger partial charge is 0.481 e. The van der Waals surface area contributed by atoms with Crippen LogP contribution in [0.15, 0.2) is 24.3 Å². The number of nitrogens with one attached hydrogen (secondary N) is 1. The Morgan fingerprint density at radius 3 is 2.55 bits per heavy atom. The first-order valence-corrected chi connectivity index (χ1v) is 8.03. The summed E-state index contributed by atoms with van der Waals surface area (Å²) >= 11 is 0. The number of benzene rings is 1. The average Bonchev–Trinajstić information content (AvgIpc) is 2.49. The molecule has 0 aromatic heterocycles. The maximum atomic E-state index is 12.2. The maximum absolute atomic E-state index is 12.2. The van der Waals surface area contributed by atoms with Gasteiger partial charge in [-0.05, 0) is 57.6 Å². The molecule has 1 aromatic carbocycles. The van der Waals surface area contributed by atoms with Crippen LogP contribution in [-0.2, 0) is 4.79 Å². The van der Waals surface area contributed by atoms with E-state index in [1.165, 1.54) is 19.8 Å². The number of amides is 1. The smallest absolute Gasteiger partial charge is 0.260 e. The molecular formula is C18H25NO3. The van der Waals surface area contributed by atoms with Gasteiger partial charge in [0.15, 0.2) is 11.9 Å². The zero-order chi connectivity index (χ0) is 16.1. The molecule has 1 aliphatic carbocycles. The minimum Gasteiger partial charge on any atom is -0.481 e. The van der Waals surface area contributed by atoms with Crippen LogP contribution in [0.5, 0.6) is 5.75 Å². The SMILES string of the molecule is CC(=O)c1cccc(OC(C)C(=O)NC2CCC(C)CC2)c1. The van der Waals surface area contributed by atoms with E-state index in [9.17, 15) is 9.59 Å². The van der Waals surface area contributed by atoms with Crippen LogP contribution in [0.25, 0.3) is 0 Å². The van der Waals surface area contributed by atoms with Gasteiger partial charge in [-0.2, -0.15) is 0 Å². The second-order valence-corrected chi connectivity index (χ2v) is 6.31. The first-order chi connectivity index (χ1) is 10.5. The lowest BCUT2D eigenvalue weighted by Crippen LogP contribution is -2.43. The van der Waals surface area contributed by atoms with Crippen LogP contribution in [-0.4, -0.2) is 23.8 Å². The highest BCUT2D eigenvalue weighted by Gasteiger charge is 2.23. The van der Waals surface area contributed by atoms with Gasteiger partial charge < -0.3 is 10.1 Å². The number of ether oxygens (including phenoxy) is 1. The molecule has 0 saturated heterocycles. The van der Waals surface area contributed by atoms with Crippen molar-refractivity contribution in [3.8, 4) is 5.75 Å². The summed E-state index contributed by atoms with van der Waals surface area (Å²) in [5.41, 5.74) is 0.589. The van der Waals surface area contributed by atoms with Crippen molar-refractivity contribution in [2.45, 2.75) is 58.6 Å². The molecule has 1 fully saturated rings. The molecule has 1 atom stereocenters. The van der Waals surface area contributed by atoms with Gasteiger partial charge in [0.25, 0.3) is 5.91 Å². The fourth-order valence-electron chi connectivity index (χ4n) is 2.77. The Bertz CT molecular complexity index is 533. The van der Waals surface area contributed by atoms with Gasteiger partial charge in [0.1, 0.15) is 5.75 Å². The Morgan fingerprint density at radius 2 is 1.91 bits per heavy atom. The molecule has 0 heterocycles. The van der Waals surface area contributed by atoms with E-state index in [4.69, 9.17) is 4.74 Å². The quantitative estimate of drug-likeness (QED) is 0.849. The van der Waals surface area contributed by atoms with E-state index >= 15 is 0 Å². The second kappa shape index (κ2) is 7.43. The molecule has 22 heavy (non-hydrogen) atoms. The average molecular weight is 303 g/mol. The van der Waals surface area contributed by atoms with Gasteiger partial charge >= 0.3 is 0 Å². The number of ketones is 1. The molecule has 1 unspecified atom stereocenters. The Morgan fingerprint density at radius 1 is 1.23 bits per heavy atom. The fraction of sp³-hybridized carbons (Fsp3) is 0.556. The highest BCUT2D eigenvalue weighted by Crippen LogP contribution is 2.23. The number of hydrogen-bond acceptors (Lipinski definition) is 3. The summed E-state index contributed by atoms with van der Waals surface area (Å²) < 4.78 is 5.67. The summed E-state index contributed by atoms with van der Waals surface area (Å²) in [4.78, 5) is 23.6. The molecule has 1 aromatic rings. The van der Waals surface area contributed by atoms with Crippen molar-refractivity contribution in [1.29, 1.82) is 0 Å². The van der Waals surface area contributed by atoms with Crippen LogP contribution < -0.4 is 10.1 Å². The third-order valence-corrected chi connectivity index (χ3v) is 4.28. The third-order valence-electron chi connectivity index (χ3n) is 4.28. The first kappa shape index (κ1) is 16.5. The lowest BCUT2D eigenvalue weighted by Gasteiger charge is -2.28. The molecule has 4 nitrogen and oxygen atoms in total. The summed E-state index contributed by atoms with van der Waals surface area (Å²) in [6, 6.07) is 7.20. The number of carbonyl (C=O) groups is 2. The lowest BCUT2D eigenvalue weighted by molar-refractivity contribution is -0.128. The molecule has 1 amide bonds. The molecule has 120 valence electrons. The monoisotopic (exact) mass is 303 g/mol. The highest BCUT2D eigenvalue weighted by atomic mass is 16.5. The maximum Gasteiger partial charge on any atom is 0.260 e. The van der Waals surface area contributed by atoms with Crippen molar-refractivity contribution in [3.05, 3.63) is 29.8 Å². The van der Waals surface area contributed by atoms with Gasteiger partial charge in [0.05, 0.1) is 0 Å². The summed E-state index contributed by atoms with van der Waals surface area (Å²) in [5, 5.41) is 3.07. The fourth-order valence-corrected chi connectivity index (χ4v) is 2.77. The number of Topliss-reactive ketones (excluding diaryl/α,β-unsaturated/α-hetero) is 1. The number of rotatable bonds is 5. The van der Waals surface area contributed by atoms with Gasteiger partial charge in [0.2, 0.25) is 0 Å². The molecule has 4 heteroatoms. The molecule has 1 aliphatic rings. The molecule has 1 N–H and O–H groups in total. The van der Waals surface area contributed by atoms with Crippen molar-refractivity contribution in [3.63, 3.8) is 0 Å². The molecule has 0 bridgehead atoms. The van der Waals surface area contributed by atoms with Crippen LogP contribution in [0.3, 0.4) is 0 Å². The van der Waals surface area contributed by atoms with Gasteiger partial charge in [-0.15, -0.1) is 0 Å². The van der Waals surface area contributed by atoms with Crippen LogP contribution in [0.1, 0.15) is 56.8 Å². The molecule has 0 aliphatic heterocycles. The van der Waals surface area contributed by atoms with Crippen molar-refractivity contribution in [2.24, 2.45) is 5.92 Å². The van der Waals surface area contributed by atoms with Crippen molar-refractivity contribution < 1.29 is 14.3 Å². The van der Waals surface area contributed by atoms with Crippen molar-refractivity contribution in [1.82, 2.24) is 5.32 Å². The van der Waals surface area contributed by atoms with E-state index in [-0.39, 0.29) is 17.7 Å². The molecule has 0 spiro atoms. The van der Waals surface area contributed by atoms with Crippen LogP contribution in [0.2, 0.25) is 0 Å².